The highest BCUT2D eigenvalue weighted by atomic mass is 16.5. The molecule has 1 atom stereocenters. The van der Waals surface area contributed by atoms with E-state index in [1.807, 2.05) is 82.3 Å². The number of nitrogens with one attached hydrogen (secondary N) is 1. The maximum absolute atomic E-state index is 12.7. The SMILES string of the molecule is CCOc1cccc([C@H](C)NC(=O)C(C)(C)c2ccccc2)c1. The summed E-state index contributed by atoms with van der Waals surface area (Å²) in [7, 11) is 0. The van der Waals surface area contributed by atoms with E-state index in [1.165, 1.54) is 0 Å². The second-order valence-electron chi connectivity index (χ2n) is 6.19. The average Bonchev–Trinajstić information content (AvgIpc) is 2.56. The molecule has 3 nitrogen and oxygen atoms in total. The molecule has 0 spiro atoms. The van der Waals surface area contributed by atoms with Gasteiger partial charge in [0.2, 0.25) is 5.91 Å². The summed E-state index contributed by atoms with van der Waals surface area (Å²) in [5, 5.41) is 3.11. The summed E-state index contributed by atoms with van der Waals surface area (Å²) in [5.41, 5.74) is 1.47. The minimum absolute atomic E-state index is 0.0120. The van der Waals surface area contributed by atoms with E-state index in [0.717, 1.165) is 16.9 Å². The first-order valence-electron chi connectivity index (χ1n) is 8.04. The zero-order valence-corrected chi connectivity index (χ0v) is 14.3. The Labute approximate surface area is 138 Å². The van der Waals surface area contributed by atoms with Gasteiger partial charge in [-0.2, -0.15) is 0 Å². The van der Waals surface area contributed by atoms with Crippen LogP contribution in [0.5, 0.6) is 5.75 Å². The van der Waals surface area contributed by atoms with Crippen molar-refractivity contribution in [2.75, 3.05) is 6.61 Å². The first kappa shape index (κ1) is 17.1. The highest BCUT2D eigenvalue weighted by Crippen LogP contribution is 2.25. The van der Waals surface area contributed by atoms with E-state index in [1.54, 1.807) is 0 Å². The summed E-state index contributed by atoms with van der Waals surface area (Å²) in [6, 6.07) is 17.6. The zero-order chi connectivity index (χ0) is 16.9. The fraction of sp³-hybridized carbons (Fsp3) is 0.350. The molecular weight excluding hydrogens is 286 g/mol. The minimum atomic E-state index is -0.576. The van der Waals surface area contributed by atoms with Gasteiger partial charge in [-0.05, 0) is 51.0 Å². The van der Waals surface area contributed by atoms with Crippen LogP contribution in [0.3, 0.4) is 0 Å². The Morgan fingerprint density at radius 3 is 2.48 bits per heavy atom. The van der Waals surface area contributed by atoms with Gasteiger partial charge in [-0.15, -0.1) is 0 Å². The van der Waals surface area contributed by atoms with Crippen LogP contribution in [-0.4, -0.2) is 12.5 Å². The minimum Gasteiger partial charge on any atom is -0.494 e. The summed E-state index contributed by atoms with van der Waals surface area (Å²) in [6.45, 7) is 8.47. The Morgan fingerprint density at radius 2 is 1.83 bits per heavy atom. The molecule has 0 aliphatic carbocycles. The standard InChI is InChI=1S/C20H25NO2/c1-5-23-18-13-9-10-16(14-18)15(2)21-19(22)20(3,4)17-11-7-6-8-12-17/h6-15H,5H2,1-4H3,(H,21,22)/t15-/m0/s1. The Morgan fingerprint density at radius 1 is 1.13 bits per heavy atom. The van der Waals surface area contributed by atoms with Gasteiger partial charge < -0.3 is 10.1 Å². The van der Waals surface area contributed by atoms with Crippen LogP contribution in [-0.2, 0) is 10.2 Å². The molecule has 0 aromatic heterocycles. The number of carbonyl (C=O) groups excluding carboxylic acids is 1. The van der Waals surface area contributed by atoms with E-state index in [-0.39, 0.29) is 11.9 Å². The lowest BCUT2D eigenvalue weighted by atomic mass is 9.83. The van der Waals surface area contributed by atoms with Crippen LogP contribution in [0.25, 0.3) is 0 Å². The van der Waals surface area contributed by atoms with Crippen molar-refractivity contribution in [3.8, 4) is 5.75 Å². The zero-order valence-electron chi connectivity index (χ0n) is 14.3. The second kappa shape index (κ2) is 7.32. The molecule has 122 valence electrons. The van der Waals surface area contributed by atoms with E-state index >= 15 is 0 Å². The maximum atomic E-state index is 12.7. The predicted molar refractivity (Wildman–Crippen MR) is 93.6 cm³/mol. The van der Waals surface area contributed by atoms with Crippen LogP contribution >= 0.6 is 0 Å². The van der Waals surface area contributed by atoms with Crippen molar-refractivity contribution < 1.29 is 9.53 Å². The lowest BCUT2D eigenvalue weighted by Gasteiger charge is -2.26. The number of rotatable bonds is 6. The number of ether oxygens (including phenoxy) is 1. The molecule has 23 heavy (non-hydrogen) atoms. The third-order valence-corrected chi connectivity index (χ3v) is 4.08. The van der Waals surface area contributed by atoms with Gasteiger partial charge in [0.15, 0.2) is 0 Å². The van der Waals surface area contributed by atoms with Crippen molar-refractivity contribution in [2.45, 2.75) is 39.2 Å². The van der Waals surface area contributed by atoms with Gasteiger partial charge in [0.25, 0.3) is 0 Å². The van der Waals surface area contributed by atoms with Crippen molar-refractivity contribution in [1.82, 2.24) is 5.32 Å². The molecule has 0 aliphatic heterocycles. The van der Waals surface area contributed by atoms with Crippen LogP contribution in [0.4, 0.5) is 0 Å². The number of hydrogen-bond acceptors (Lipinski definition) is 2. The number of carbonyl (C=O) groups is 1. The van der Waals surface area contributed by atoms with E-state index < -0.39 is 5.41 Å². The monoisotopic (exact) mass is 311 g/mol. The molecule has 0 heterocycles. The van der Waals surface area contributed by atoms with Crippen LogP contribution in [0, 0.1) is 0 Å². The van der Waals surface area contributed by atoms with Gasteiger partial charge in [0.05, 0.1) is 18.1 Å². The molecule has 2 aromatic rings. The van der Waals surface area contributed by atoms with E-state index in [4.69, 9.17) is 4.74 Å². The molecule has 0 saturated heterocycles. The molecule has 0 aliphatic rings. The fourth-order valence-electron chi connectivity index (χ4n) is 2.49. The molecule has 1 N–H and O–H groups in total. The first-order chi connectivity index (χ1) is 10.9. The number of hydrogen-bond donors (Lipinski definition) is 1. The average molecular weight is 311 g/mol. The van der Waals surface area contributed by atoms with Gasteiger partial charge in [0.1, 0.15) is 5.75 Å². The second-order valence-corrected chi connectivity index (χ2v) is 6.19. The topological polar surface area (TPSA) is 38.3 Å². The van der Waals surface area contributed by atoms with Crippen LogP contribution in [0.1, 0.15) is 44.9 Å². The summed E-state index contributed by atoms with van der Waals surface area (Å²) >= 11 is 0. The maximum Gasteiger partial charge on any atom is 0.230 e. The van der Waals surface area contributed by atoms with Gasteiger partial charge >= 0.3 is 0 Å². The van der Waals surface area contributed by atoms with Gasteiger partial charge in [-0.3, -0.25) is 4.79 Å². The summed E-state index contributed by atoms with van der Waals surface area (Å²) in [5.74, 6) is 0.839. The van der Waals surface area contributed by atoms with Crippen molar-refractivity contribution >= 4 is 5.91 Å². The lowest BCUT2D eigenvalue weighted by Crippen LogP contribution is -2.41. The molecule has 3 heteroatoms. The van der Waals surface area contributed by atoms with Crippen molar-refractivity contribution in [3.63, 3.8) is 0 Å². The molecule has 1 amide bonds. The van der Waals surface area contributed by atoms with Crippen LogP contribution in [0.2, 0.25) is 0 Å². The molecule has 0 saturated carbocycles. The lowest BCUT2D eigenvalue weighted by molar-refractivity contribution is -0.126. The smallest absolute Gasteiger partial charge is 0.230 e. The predicted octanol–water partition coefficient (Wildman–Crippen LogP) is 4.24. The number of benzene rings is 2. The van der Waals surface area contributed by atoms with Crippen molar-refractivity contribution in [3.05, 3.63) is 65.7 Å². The highest BCUT2D eigenvalue weighted by Gasteiger charge is 2.30. The molecule has 0 fully saturated rings. The number of amides is 1. The van der Waals surface area contributed by atoms with Gasteiger partial charge in [-0.1, -0.05) is 42.5 Å². The largest absolute Gasteiger partial charge is 0.494 e. The Bertz CT molecular complexity index is 650. The third kappa shape index (κ3) is 4.13. The molecule has 0 unspecified atom stereocenters. The van der Waals surface area contributed by atoms with Crippen molar-refractivity contribution in [2.24, 2.45) is 0 Å². The molecule has 2 aromatic carbocycles. The molecular formula is C20H25NO2. The van der Waals surface area contributed by atoms with E-state index in [9.17, 15) is 4.79 Å². The Balaban J connectivity index is 2.11. The Hall–Kier alpha value is -2.29. The molecule has 2 rings (SSSR count). The van der Waals surface area contributed by atoms with Gasteiger partial charge in [-0.25, -0.2) is 0 Å². The molecule has 0 bridgehead atoms. The first-order valence-corrected chi connectivity index (χ1v) is 8.04. The molecule has 0 radical (unpaired) electrons. The highest BCUT2D eigenvalue weighted by molar-refractivity contribution is 5.87. The quantitative estimate of drug-likeness (QED) is 0.866. The third-order valence-electron chi connectivity index (χ3n) is 4.08. The van der Waals surface area contributed by atoms with E-state index in [0.29, 0.717) is 6.61 Å². The van der Waals surface area contributed by atoms with E-state index in [2.05, 4.69) is 5.32 Å². The van der Waals surface area contributed by atoms with Crippen LogP contribution < -0.4 is 10.1 Å². The van der Waals surface area contributed by atoms with Crippen LogP contribution in [0.15, 0.2) is 54.6 Å². The van der Waals surface area contributed by atoms with Gasteiger partial charge in [0, 0.05) is 0 Å². The summed E-state index contributed by atoms with van der Waals surface area (Å²) < 4.78 is 5.53. The fourth-order valence-corrected chi connectivity index (χ4v) is 2.49. The normalized spacial score (nSPS) is 12.5. The summed E-state index contributed by atoms with van der Waals surface area (Å²) in [4.78, 5) is 12.7. The summed E-state index contributed by atoms with van der Waals surface area (Å²) in [6.07, 6.45) is 0. The van der Waals surface area contributed by atoms with Crippen molar-refractivity contribution in [1.29, 1.82) is 0 Å². The Kier molecular flexibility index (Phi) is 5.43.